The number of nitrogens with zero attached hydrogens (tertiary/aromatic N) is 1. The highest BCUT2D eigenvalue weighted by molar-refractivity contribution is 5.63. The average molecular weight is 338 g/mol. The van der Waals surface area contributed by atoms with E-state index < -0.39 is 4.92 Å². The molecule has 0 aromatic heterocycles. The molecule has 0 bridgehead atoms. The molecular formula is C19H18N2O4. The van der Waals surface area contributed by atoms with Gasteiger partial charge in [0.1, 0.15) is 11.5 Å². The lowest BCUT2D eigenvalue weighted by molar-refractivity contribution is -0.385. The van der Waals surface area contributed by atoms with Gasteiger partial charge in [0.15, 0.2) is 0 Å². The van der Waals surface area contributed by atoms with Gasteiger partial charge in [-0.25, -0.2) is 0 Å². The van der Waals surface area contributed by atoms with Crippen LogP contribution in [0.1, 0.15) is 29.5 Å². The van der Waals surface area contributed by atoms with Crippen molar-refractivity contribution < 1.29 is 14.8 Å². The summed E-state index contributed by atoms with van der Waals surface area (Å²) in [7, 11) is 1.64. The maximum absolute atomic E-state index is 11.1. The molecule has 0 saturated carbocycles. The lowest BCUT2D eigenvalue weighted by Gasteiger charge is -2.37. The third-order valence-electron chi connectivity index (χ3n) is 5.13. The number of nitrogens with one attached hydrogen (secondary N) is 1. The molecule has 1 aliphatic carbocycles. The topological polar surface area (TPSA) is 84.6 Å². The maximum atomic E-state index is 11.1. The molecule has 2 aromatic rings. The van der Waals surface area contributed by atoms with Gasteiger partial charge in [0.05, 0.1) is 18.1 Å². The van der Waals surface area contributed by atoms with Crippen molar-refractivity contribution in [3.05, 3.63) is 69.8 Å². The SMILES string of the molecule is COc1ccc2c(c1)C1C=CCC1C(c1cc([N+](=O)[O-])ccc1O)N2. The highest BCUT2D eigenvalue weighted by Crippen LogP contribution is 2.51. The van der Waals surface area contributed by atoms with Gasteiger partial charge in [-0.15, -0.1) is 0 Å². The van der Waals surface area contributed by atoms with Crippen LogP contribution in [-0.4, -0.2) is 17.1 Å². The number of nitro benzene ring substituents is 1. The van der Waals surface area contributed by atoms with Crippen LogP contribution in [0.25, 0.3) is 0 Å². The summed E-state index contributed by atoms with van der Waals surface area (Å²) >= 11 is 0. The second-order valence-electron chi connectivity index (χ2n) is 6.43. The van der Waals surface area contributed by atoms with Crippen LogP contribution in [0.15, 0.2) is 48.6 Å². The van der Waals surface area contributed by atoms with E-state index in [1.54, 1.807) is 7.11 Å². The van der Waals surface area contributed by atoms with Crippen molar-refractivity contribution in [2.24, 2.45) is 5.92 Å². The fourth-order valence-corrected chi connectivity index (χ4v) is 3.91. The first kappa shape index (κ1) is 15.5. The molecule has 6 heteroatoms. The summed E-state index contributed by atoms with van der Waals surface area (Å²) in [6.07, 6.45) is 5.15. The van der Waals surface area contributed by atoms with E-state index in [0.717, 1.165) is 23.4 Å². The number of ether oxygens (including phenoxy) is 1. The molecule has 25 heavy (non-hydrogen) atoms. The lowest BCUT2D eigenvalue weighted by Crippen LogP contribution is -2.29. The molecule has 128 valence electrons. The van der Waals surface area contributed by atoms with Gasteiger partial charge < -0.3 is 15.2 Å². The Morgan fingerprint density at radius 2 is 2.08 bits per heavy atom. The number of fused-ring (bicyclic) bond motifs is 3. The Kier molecular flexibility index (Phi) is 3.60. The highest BCUT2D eigenvalue weighted by atomic mass is 16.6. The minimum absolute atomic E-state index is 0.0161. The largest absolute Gasteiger partial charge is 0.508 e. The van der Waals surface area contributed by atoms with E-state index >= 15 is 0 Å². The van der Waals surface area contributed by atoms with Gasteiger partial charge in [-0.1, -0.05) is 12.2 Å². The van der Waals surface area contributed by atoms with Crippen LogP contribution in [0.2, 0.25) is 0 Å². The first-order valence-corrected chi connectivity index (χ1v) is 8.17. The first-order valence-electron chi connectivity index (χ1n) is 8.17. The molecule has 0 saturated heterocycles. The molecule has 0 spiro atoms. The Labute approximate surface area is 144 Å². The number of phenols is 1. The Balaban J connectivity index is 1.80. The van der Waals surface area contributed by atoms with Crippen molar-refractivity contribution in [3.63, 3.8) is 0 Å². The number of aromatic hydroxyl groups is 1. The van der Waals surface area contributed by atoms with Gasteiger partial charge in [-0.05, 0) is 42.2 Å². The van der Waals surface area contributed by atoms with Crippen molar-refractivity contribution in [1.29, 1.82) is 0 Å². The number of methoxy groups -OCH3 is 1. The quantitative estimate of drug-likeness (QED) is 0.499. The molecule has 1 heterocycles. The maximum Gasteiger partial charge on any atom is 0.270 e. The zero-order chi connectivity index (χ0) is 17.6. The summed E-state index contributed by atoms with van der Waals surface area (Å²) in [5.41, 5.74) is 2.66. The van der Waals surface area contributed by atoms with E-state index in [1.165, 1.54) is 18.2 Å². The standard InChI is InChI=1S/C19H18N2O4/c1-25-12-6-7-17-15(10-12)13-3-2-4-14(13)19(20-17)16-9-11(21(23)24)5-8-18(16)22/h2-3,5-10,13-14,19-20,22H,4H2,1H3. The average Bonchev–Trinajstić information content (AvgIpc) is 3.11. The molecule has 3 unspecified atom stereocenters. The van der Waals surface area contributed by atoms with Crippen molar-refractivity contribution in [2.45, 2.75) is 18.4 Å². The van der Waals surface area contributed by atoms with E-state index in [0.29, 0.717) is 5.56 Å². The van der Waals surface area contributed by atoms with Crippen molar-refractivity contribution in [2.75, 3.05) is 12.4 Å². The van der Waals surface area contributed by atoms with Gasteiger partial charge in [0, 0.05) is 29.3 Å². The second-order valence-corrected chi connectivity index (χ2v) is 6.43. The minimum atomic E-state index is -0.436. The number of hydrogen-bond donors (Lipinski definition) is 2. The van der Waals surface area contributed by atoms with Crippen LogP contribution < -0.4 is 10.1 Å². The van der Waals surface area contributed by atoms with Crippen LogP contribution >= 0.6 is 0 Å². The fraction of sp³-hybridized carbons (Fsp3) is 0.263. The number of non-ortho nitro benzene ring substituents is 1. The van der Waals surface area contributed by atoms with E-state index in [4.69, 9.17) is 4.74 Å². The second kappa shape index (κ2) is 5.81. The molecule has 6 nitrogen and oxygen atoms in total. The molecule has 4 rings (SSSR count). The number of rotatable bonds is 3. The minimum Gasteiger partial charge on any atom is -0.508 e. The number of hydrogen-bond acceptors (Lipinski definition) is 5. The van der Waals surface area contributed by atoms with Crippen LogP contribution in [0, 0.1) is 16.0 Å². The molecule has 0 radical (unpaired) electrons. The zero-order valence-corrected chi connectivity index (χ0v) is 13.7. The van der Waals surface area contributed by atoms with Gasteiger partial charge in [-0.2, -0.15) is 0 Å². The number of phenolic OH excluding ortho intramolecular Hbond substituents is 1. The molecule has 2 N–H and O–H groups in total. The molecule has 1 aliphatic heterocycles. The van der Waals surface area contributed by atoms with Gasteiger partial charge in [0.2, 0.25) is 0 Å². The number of nitro groups is 1. The van der Waals surface area contributed by atoms with E-state index in [2.05, 4.69) is 17.5 Å². The van der Waals surface area contributed by atoms with Crippen LogP contribution in [-0.2, 0) is 0 Å². The van der Waals surface area contributed by atoms with Crippen LogP contribution in [0.3, 0.4) is 0 Å². The molecule has 2 aliphatic rings. The summed E-state index contributed by atoms with van der Waals surface area (Å²) in [5.74, 6) is 1.25. The molecular weight excluding hydrogens is 320 g/mol. The molecule has 0 fully saturated rings. The van der Waals surface area contributed by atoms with Gasteiger partial charge in [0.25, 0.3) is 5.69 Å². The lowest BCUT2D eigenvalue weighted by atomic mass is 9.76. The number of benzene rings is 2. The Morgan fingerprint density at radius 1 is 1.24 bits per heavy atom. The predicted octanol–water partition coefficient (Wildman–Crippen LogP) is 4.14. The van der Waals surface area contributed by atoms with Crippen molar-refractivity contribution in [1.82, 2.24) is 0 Å². The smallest absolute Gasteiger partial charge is 0.270 e. The summed E-state index contributed by atoms with van der Waals surface area (Å²) in [5, 5.41) is 24.9. The first-order chi connectivity index (χ1) is 12.1. The van der Waals surface area contributed by atoms with Crippen molar-refractivity contribution >= 4 is 11.4 Å². The third kappa shape index (κ3) is 2.50. The summed E-state index contributed by atoms with van der Waals surface area (Å²) in [4.78, 5) is 10.7. The Hall–Kier alpha value is -3.02. The predicted molar refractivity (Wildman–Crippen MR) is 94.1 cm³/mol. The third-order valence-corrected chi connectivity index (χ3v) is 5.13. The van der Waals surface area contributed by atoms with E-state index in [1.807, 2.05) is 18.2 Å². The van der Waals surface area contributed by atoms with Crippen molar-refractivity contribution in [3.8, 4) is 11.5 Å². The van der Waals surface area contributed by atoms with Gasteiger partial charge >= 0.3 is 0 Å². The normalized spacial score (nSPS) is 23.5. The molecule has 3 atom stereocenters. The Morgan fingerprint density at radius 3 is 2.84 bits per heavy atom. The van der Waals surface area contributed by atoms with Crippen LogP contribution in [0.5, 0.6) is 11.5 Å². The molecule has 0 amide bonds. The summed E-state index contributed by atoms with van der Waals surface area (Å²) < 4.78 is 5.33. The van der Waals surface area contributed by atoms with Gasteiger partial charge in [-0.3, -0.25) is 10.1 Å². The summed E-state index contributed by atoms with van der Waals surface area (Å²) in [6.45, 7) is 0. The molecule has 2 aromatic carbocycles. The summed E-state index contributed by atoms with van der Waals surface area (Å²) in [6, 6.07) is 9.87. The Bertz CT molecular complexity index is 878. The van der Waals surface area contributed by atoms with E-state index in [9.17, 15) is 15.2 Å². The monoisotopic (exact) mass is 338 g/mol. The van der Waals surface area contributed by atoms with Crippen LogP contribution in [0.4, 0.5) is 11.4 Å². The number of anilines is 1. The number of allylic oxidation sites excluding steroid dienone is 2. The zero-order valence-electron chi connectivity index (χ0n) is 13.7. The van der Waals surface area contributed by atoms with E-state index in [-0.39, 0.29) is 29.3 Å². The fourth-order valence-electron chi connectivity index (χ4n) is 3.91. The highest BCUT2D eigenvalue weighted by Gasteiger charge is 2.39.